The lowest BCUT2D eigenvalue weighted by molar-refractivity contribution is -0.141. The zero-order chi connectivity index (χ0) is 27.2. The standard InChI is InChI=1S/C28H39N3O5/c1-17-12-13-22(20(4)16-17)24(25(33)30-23-18(2)10-9-11-19(23)3)31(14-15-32)26(34)21(5)29-27(35)36-28(6,7)8/h9-13,16,21,24,32H,14-15H2,1-8H3,(H,29,35)(H,30,33). The Labute approximate surface area is 214 Å². The largest absolute Gasteiger partial charge is 0.444 e. The number of aryl methyl sites for hydroxylation is 4. The molecule has 196 valence electrons. The van der Waals surface area contributed by atoms with Crippen molar-refractivity contribution in [3.8, 4) is 0 Å². The fourth-order valence-electron chi connectivity index (χ4n) is 4.06. The van der Waals surface area contributed by atoms with Crippen LogP contribution >= 0.6 is 0 Å². The highest BCUT2D eigenvalue weighted by atomic mass is 16.6. The number of aliphatic hydroxyl groups excluding tert-OH is 1. The number of ether oxygens (including phenoxy) is 1. The van der Waals surface area contributed by atoms with E-state index in [0.29, 0.717) is 11.3 Å². The number of nitrogens with one attached hydrogen (secondary N) is 2. The third-order valence-corrected chi connectivity index (χ3v) is 5.74. The van der Waals surface area contributed by atoms with Gasteiger partial charge in [0.2, 0.25) is 5.91 Å². The Balaban J connectivity index is 2.49. The van der Waals surface area contributed by atoms with E-state index in [2.05, 4.69) is 10.6 Å². The number of anilines is 1. The number of hydrogen-bond donors (Lipinski definition) is 3. The summed E-state index contributed by atoms with van der Waals surface area (Å²) in [6.45, 7) is 13.9. The molecular formula is C28H39N3O5. The normalized spacial score (nSPS) is 12.9. The molecule has 0 aliphatic rings. The van der Waals surface area contributed by atoms with Crippen molar-refractivity contribution in [2.75, 3.05) is 18.5 Å². The molecule has 2 unspecified atom stereocenters. The smallest absolute Gasteiger partial charge is 0.408 e. The summed E-state index contributed by atoms with van der Waals surface area (Å²) in [5.41, 5.74) is 4.21. The number of amides is 3. The number of carbonyl (C=O) groups is 3. The highest BCUT2D eigenvalue weighted by molar-refractivity contribution is 6.00. The van der Waals surface area contributed by atoms with E-state index in [0.717, 1.165) is 22.3 Å². The molecule has 0 bridgehead atoms. The predicted molar refractivity (Wildman–Crippen MR) is 141 cm³/mol. The summed E-state index contributed by atoms with van der Waals surface area (Å²) in [5.74, 6) is -0.929. The summed E-state index contributed by atoms with van der Waals surface area (Å²) >= 11 is 0. The fourth-order valence-corrected chi connectivity index (χ4v) is 4.06. The molecular weight excluding hydrogens is 458 g/mol. The topological polar surface area (TPSA) is 108 Å². The van der Waals surface area contributed by atoms with Crippen molar-refractivity contribution in [3.05, 3.63) is 64.2 Å². The highest BCUT2D eigenvalue weighted by Gasteiger charge is 2.35. The minimum Gasteiger partial charge on any atom is -0.444 e. The van der Waals surface area contributed by atoms with Gasteiger partial charge in [-0.25, -0.2) is 4.79 Å². The second-order valence-corrected chi connectivity index (χ2v) is 10.1. The molecule has 8 nitrogen and oxygen atoms in total. The lowest BCUT2D eigenvalue weighted by Crippen LogP contribution is -2.52. The van der Waals surface area contributed by atoms with E-state index < -0.39 is 35.6 Å². The monoisotopic (exact) mass is 497 g/mol. The van der Waals surface area contributed by atoms with Crippen LogP contribution in [0.15, 0.2) is 36.4 Å². The van der Waals surface area contributed by atoms with Crippen LogP contribution in [0.3, 0.4) is 0 Å². The molecule has 0 heterocycles. The molecule has 36 heavy (non-hydrogen) atoms. The van der Waals surface area contributed by atoms with E-state index in [4.69, 9.17) is 4.74 Å². The Morgan fingerprint density at radius 3 is 2.14 bits per heavy atom. The van der Waals surface area contributed by atoms with Crippen LogP contribution in [-0.4, -0.2) is 52.7 Å². The maximum Gasteiger partial charge on any atom is 0.408 e. The summed E-state index contributed by atoms with van der Waals surface area (Å²) in [4.78, 5) is 41.0. The Kier molecular flexibility index (Phi) is 9.64. The van der Waals surface area contributed by atoms with E-state index in [1.807, 2.05) is 64.1 Å². The van der Waals surface area contributed by atoms with Crippen LogP contribution in [0.4, 0.5) is 10.5 Å². The molecule has 0 saturated heterocycles. The summed E-state index contributed by atoms with van der Waals surface area (Å²) in [7, 11) is 0. The van der Waals surface area contributed by atoms with Gasteiger partial charge in [0.05, 0.1) is 6.61 Å². The second kappa shape index (κ2) is 12.0. The van der Waals surface area contributed by atoms with Gasteiger partial charge >= 0.3 is 6.09 Å². The molecule has 3 amide bonds. The Morgan fingerprint density at radius 2 is 1.61 bits per heavy atom. The van der Waals surface area contributed by atoms with Crippen LogP contribution in [0.2, 0.25) is 0 Å². The summed E-state index contributed by atoms with van der Waals surface area (Å²) in [6.07, 6.45) is -0.740. The van der Waals surface area contributed by atoms with Crippen LogP contribution in [-0.2, 0) is 14.3 Å². The van der Waals surface area contributed by atoms with Crippen molar-refractivity contribution in [2.45, 2.75) is 73.1 Å². The zero-order valence-electron chi connectivity index (χ0n) is 22.6. The first-order valence-corrected chi connectivity index (χ1v) is 12.1. The number of alkyl carbamates (subject to hydrolysis) is 1. The van der Waals surface area contributed by atoms with Gasteiger partial charge in [-0.3, -0.25) is 9.59 Å². The van der Waals surface area contributed by atoms with Gasteiger partial charge in [-0.1, -0.05) is 42.0 Å². The first-order valence-electron chi connectivity index (χ1n) is 12.1. The minimum absolute atomic E-state index is 0.0999. The fraction of sp³-hybridized carbons (Fsp3) is 0.464. The van der Waals surface area contributed by atoms with Gasteiger partial charge in [-0.2, -0.15) is 0 Å². The molecule has 0 aliphatic heterocycles. The molecule has 2 rings (SSSR count). The van der Waals surface area contributed by atoms with E-state index in [1.54, 1.807) is 20.8 Å². The van der Waals surface area contributed by atoms with Crippen LogP contribution in [0.5, 0.6) is 0 Å². The third-order valence-electron chi connectivity index (χ3n) is 5.74. The van der Waals surface area contributed by atoms with Crippen molar-refractivity contribution in [2.24, 2.45) is 0 Å². The van der Waals surface area contributed by atoms with Gasteiger partial charge in [0, 0.05) is 12.2 Å². The number of benzene rings is 2. The van der Waals surface area contributed by atoms with E-state index >= 15 is 0 Å². The SMILES string of the molecule is Cc1ccc(C(C(=O)Nc2c(C)cccc2C)N(CCO)C(=O)C(C)NC(=O)OC(C)(C)C)c(C)c1. The number of para-hydroxylation sites is 1. The molecule has 0 saturated carbocycles. The quantitative estimate of drug-likeness (QED) is 0.503. The average molecular weight is 498 g/mol. The number of carbonyl (C=O) groups excluding carboxylic acids is 3. The van der Waals surface area contributed by atoms with Crippen LogP contribution < -0.4 is 10.6 Å². The average Bonchev–Trinajstić information content (AvgIpc) is 2.75. The number of rotatable bonds is 8. The maximum atomic E-state index is 13.8. The molecule has 0 radical (unpaired) electrons. The molecule has 0 fully saturated rings. The van der Waals surface area contributed by atoms with Crippen molar-refractivity contribution >= 4 is 23.6 Å². The van der Waals surface area contributed by atoms with Crippen LogP contribution in [0.1, 0.15) is 61.6 Å². The predicted octanol–water partition coefficient (Wildman–Crippen LogP) is 4.33. The Hall–Kier alpha value is -3.39. The molecule has 2 aromatic rings. The second-order valence-electron chi connectivity index (χ2n) is 10.1. The molecule has 8 heteroatoms. The number of nitrogens with zero attached hydrogens (tertiary/aromatic N) is 1. The lowest BCUT2D eigenvalue weighted by Gasteiger charge is -2.34. The summed E-state index contributed by atoms with van der Waals surface area (Å²) < 4.78 is 5.28. The van der Waals surface area contributed by atoms with Crippen molar-refractivity contribution in [3.63, 3.8) is 0 Å². The van der Waals surface area contributed by atoms with Crippen molar-refractivity contribution < 1.29 is 24.2 Å². The van der Waals surface area contributed by atoms with Gasteiger partial charge in [0.25, 0.3) is 5.91 Å². The number of hydrogen-bond acceptors (Lipinski definition) is 5. The summed E-state index contributed by atoms with van der Waals surface area (Å²) in [6, 6.07) is 9.33. The minimum atomic E-state index is -1.04. The van der Waals surface area contributed by atoms with E-state index in [-0.39, 0.29) is 13.2 Å². The van der Waals surface area contributed by atoms with Gasteiger partial charge in [0.15, 0.2) is 0 Å². The third kappa shape index (κ3) is 7.55. The summed E-state index contributed by atoms with van der Waals surface area (Å²) in [5, 5.41) is 15.4. The zero-order valence-corrected chi connectivity index (χ0v) is 22.6. The van der Waals surface area contributed by atoms with E-state index in [9.17, 15) is 19.5 Å². The molecule has 3 N–H and O–H groups in total. The Bertz CT molecular complexity index is 1090. The molecule has 0 spiro atoms. The van der Waals surface area contributed by atoms with Crippen LogP contribution in [0, 0.1) is 27.7 Å². The Morgan fingerprint density at radius 1 is 1.00 bits per heavy atom. The number of aliphatic hydroxyl groups is 1. The van der Waals surface area contributed by atoms with Crippen molar-refractivity contribution in [1.29, 1.82) is 0 Å². The van der Waals surface area contributed by atoms with Gasteiger partial charge in [-0.05, 0) is 77.6 Å². The maximum absolute atomic E-state index is 13.8. The van der Waals surface area contributed by atoms with Gasteiger partial charge < -0.3 is 25.4 Å². The first-order chi connectivity index (χ1) is 16.7. The van der Waals surface area contributed by atoms with Crippen LogP contribution in [0.25, 0.3) is 0 Å². The lowest BCUT2D eigenvalue weighted by atomic mass is 9.96. The molecule has 2 aromatic carbocycles. The van der Waals surface area contributed by atoms with E-state index in [1.165, 1.54) is 11.8 Å². The van der Waals surface area contributed by atoms with Gasteiger partial charge in [0.1, 0.15) is 17.7 Å². The van der Waals surface area contributed by atoms with Crippen molar-refractivity contribution in [1.82, 2.24) is 10.2 Å². The molecule has 0 aromatic heterocycles. The first kappa shape index (κ1) is 28.8. The highest BCUT2D eigenvalue weighted by Crippen LogP contribution is 2.29. The van der Waals surface area contributed by atoms with Gasteiger partial charge in [-0.15, -0.1) is 0 Å². The molecule has 0 aliphatic carbocycles. The molecule has 2 atom stereocenters.